The highest BCUT2D eigenvalue weighted by atomic mass is 16.5. The molecule has 0 saturated carbocycles. The van der Waals surface area contributed by atoms with Crippen molar-refractivity contribution in [1.82, 2.24) is 10.2 Å². The summed E-state index contributed by atoms with van der Waals surface area (Å²) < 4.78 is 5.70. The Morgan fingerprint density at radius 1 is 1.11 bits per heavy atom. The van der Waals surface area contributed by atoms with E-state index in [-0.39, 0.29) is 0 Å². The molecule has 19 heavy (non-hydrogen) atoms. The zero-order valence-electron chi connectivity index (χ0n) is 13.5. The molecular formula is C16H34N2O. The second-order valence-corrected chi connectivity index (χ2v) is 6.64. The first-order chi connectivity index (χ1) is 9.08. The van der Waals surface area contributed by atoms with Crippen LogP contribution in [-0.4, -0.2) is 50.3 Å². The number of nitrogens with zero attached hydrogens (tertiary/aromatic N) is 1. The van der Waals surface area contributed by atoms with E-state index in [1.54, 1.807) is 0 Å². The van der Waals surface area contributed by atoms with Crippen LogP contribution in [0.15, 0.2) is 0 Å². The molecule has 0 radical (unpaired) electrons. The fourth-order valence-electron chi connectivity index (χ4n) is 2.43. The van der Waals surface area contributed by atoms with E-state index < -0.39 is 0 Å². The number of likely N-dealkylation sites (tertiary alicyclic amines) is 1. The van der Waals surface area contributed by atoms with Gasteiger partial charge in [0.2, 0.25) is 0 Å². The van der Waals surface area contributed by atoms with E-state index in [0.29, 0.717) is 6.04 Å². The summed E-state index contributed by atoms with van der Waals surface area (Å²) in [5.74, 6) is 1.63. The van der Waals surface area contributed by atoms with Gasteiger partial charge in [0.05, 0.1) is 6.61 Å². The summed E-state index contributed by atoms with van der Waals surface area (Å²) in [6.07, 6.45) is 3.86. The molecule has 1 aliphatic heterocycles. The van der Waals surface area contributed by atoms with Gasteiger partial charge in [0.1, 0.15) is 0 Å². The van der Waals surface area contributed by atoms with Gasteiger partial charge in [-0.2, -0.15) is 0 Å². The van der Waals surface area contributed by atoms with Crippen LogP contribution in [0.2, 0.25) is 0 Å². The first-order valence-corrected chi connectivity index (χ1v) is 8.11. The van der Waals surface area contributed by atoms with Crippen LogP contribution in [0.25, 0.3) is 0 Å². The highest BCUT2D eigenvalue weighted by molar-refractivity contribution is 4.74. The molecule has 1 fully saturated rings. The van der Waals surface area contributed by atoms with E-state index in [1.165, 1.54) is 38.9 Å². The SMILES string of the molecule is CC(C)CCOCCN1CCC(CNC(C)C)CC1. The highest BCUT2D eigenvalue weighted by Gasteiger charge is 2.18. The van der Waals surface area contributed by atoms with E-state index in [9.17, 15) is 0 Å². The van der Waals surface area contributed by atoms with Gasteiger partial charge in [0.25, 0.3) is 0 Å². The van der Waals surface area contributed by atoms with E-state index in [0.717, 1.165) is 31.6 Å². The second kappa shape index (κ2) is 9.73. The van der Waals surface area contributed by atoms with Gasteiger partial charge in [-0.05, 0) is 50.7 Å². The van der Waals surface area contributed by atoms with Crippen molar-refractivity contribution in [3.63, 3.8) is 0 Å². The van der Waals surface area contributed by atoms with Crippen molar-refractivity contribution in [3.05, 3.63) is 0 Å². The molecule has 1 N–H and O–H groups in total. The van der Waals surface area contributed by atoms with Crippen molar-refractivity contribution >= 4 is 0 Å². The van der Waals surface area contributed by atoms with Crippen LogP contribution in [0.1, 0.15) is 47.0 Å². The fourth-order valence-corrected chi connectivity index (χ4v) is 2.43. The molecule has 0 aromatic carbocycles. The molecule has 0 aliphatic carbocycles. The maximum absolute atomic E-state index is 5.70. The van der Waals surface area contributed by atoms with Gasteiger partial charge in [-0.1, -0.05) is 27.7 Å². The minimum absolute atomic E-state index is 0.618. The summed E-state index contributed by atoms with van der Waals surface area (Å²) in [6, 6.07) is 0.618. The van der Waals surface area contributed by atoms with Crippen molar-refractivity contribution in [3.8, 4) is 0 Å². The molecule has 0 unspecified atom stereocenters. The summed E-state index contributed by atoms with van der Waals surface area (Å²) in [7, 11) is 0. The topological polar surface area (TPSA) is 24.5 Å². The average Bonchev–Trinajstić information content (AvgIpc) is 2.37. The standard InChI is InChI=1S/C16H34N2O/c1-14(2)7-11-19-12-10-18-8-5-16(6-9-18)13-17-15(3)4/h14-17H,5-13H2,1-4H3. The van der Waals surface area contributed by atoms with Crippen LogP contribution >= 0.6 is 0 Å². The quantitative estimate of drug-likeness (QED) is 0.652. The number of hydrogen-bond acceptors (Lipinski definition) is 3. The Labute approximate surface area is 120 Å². The molecule has 1 aliphatic rings. The lowest BCUT2D eigenvalue weighted by Gasteiger charge is -2.32. The molecule has 3 nitrogen and oxygen atoms in total. The molecule has 1 saturated heterocycles. The molecule has 0 atom stereocenters. The first kappa shape index (κ1) is 16.9. The molecule has 114 valence electrons. The van der Waals surface area contributed by atoms with Gasteiger partial charge in [-0.25, -0.2) is 0 Å². The van der Waals surface area contributed by atoms with Crippen molar-refractivity contribution < 1.29 is 4.74 Å². The maximum Gasteiger partial charge on any atom is 0.0593 e. The lowest BCUT2D eigenvalue weighted by atomic mass is 9.96. The Balaban J connectivity index is 1.97. The zero-order chi connectivity index (χ0) is 14.1. The van der Waals surface area contributed by atoms with Gasteiger partial charge in [-0.3, -0.25) is 0 Å². The Hall–Kier alpha value is -0.120. The normalized spacial score (nSPS) is 18.6. The Morgan fingerprint density at radius 3 is 2.37 bits per heavy atom. The molecule has 1 rings (SSSR count). The van der Waals surface area contributed by atoms with Gasteiger partial charge < -0.3 is 15.0 Å². The number of hydrogen-bond donors (Lipinski definition) is 1. The molecule has 0 amide bonds. The van der Waals surface area contributed by atoms with Crippen LogP contribution in [-0.2, 0) is 4.74 Å². The predicted octanol–water partition coefficient (Wildman–Crippen LogP) is 2.76. The lowest BCUT2D eigenvalue weighted by Crippen LogP contribution is -2.40. The zero-order valence-corrected chi connectivity index (χ0v) is 13.5. The number of rotatable bonds is 9. The van der Waals surface area contributed by atoms with E-state index in [4.69, 9.17) is 4.74 Å². The third-order valence-corrected chi connectivity index (χ3v) is 3.91. The van der Waals surface area contributed by atoms with Crippen LogP contribution in [0.3, 0.4) is 0 Å². The minimum Gasteiger partial charge on any atom is -0.380 e. The van der Waals surface area contributed by atoms with Crippen LogP contribution < -0.4 is 5.32 Å². The maximum atomic E-state index is 5.70. The lowest BCUT2D eigenvalue weighted by molar-refractivity contribution is 0.0824. The molecule has 1 heterocycles. The van der Waals surface area contributed by atoms with E-state index in [1.807, 2.05) is 0 Å². The van der Waals surface area contributed by atoms with Crippen molar-refractivity contribution in [1.29, 1.82) is 0 Å². The molecule has 0 bridgehead atoms. The number of nitrogens with one attached hydrogen (secondary N) is 1. The van der Waals surface area contributed by atoms with E-state index in [2.05, 4.69) is 37.9 Å². The smallest absolute Gasteiger partial charge is 0.0593 e. The van der Waals surface area contributed by atoms with Gasteiger partial charge in [-0.15, -0.1) is 0 Å². The molecular weight excluding hydrogens is 236 g/mol. The molecule has 0 aromatic heterocycles. The van der Waals surface area contributed by atoms with Gasteiger partial charge in [0, 0.05) is 19.2 Å². The van der Waals surface area contributed by atoms with Gasteiger partial charge >= 0.3 is 0 Å². The van der Waals surface area contributed by atoms with Crippen LogP contribution in [0.5, 0.6) is 0 Å². The summed E-state index contributed by atoms with van der Waals surface area (Å²) in [6.45, 7) is 15.6. The van der Waals surface area contributed by atoms with E-state index >= 15 is 0 Å². The number of piperidine rings is 1. The summed E-state index contributed by atoms with van der Waals surface area (Å²) >= 11 is 0. The Kier molecular flexibility index (Phi) is 8.67. The third-order valence-electron chi connectivity index (χ3n) is 3.91. The summed E-state index contributed by atoms with van der Waals surface area (Å²) in [4.78, 5) is 2.56. The average molecular weight is 270 g/mol. The first-order valence-electron chi connectivity index (χ1n) is 8.11. The van der Waals surface area contributed by atoms with Crippen LogP contribution in [0, 0.1) is 11.8 Å². The molecule has 0 aromatic rings. The minimum atomic E-state index is 0.618. The second-order valence-electron chi connectivity index (χ2n) is 6.64. The van der Waals surface area contributed by atoms with Gasteiger partial charge in [0.15, 0.2) is 0 Å². The Bertz CT molecular complexity index is 208. The third kappa shape index (κ3) is 8.61. The fraction of sp³-hybridized carbons (Fsp3) is 1.00. The van der Waals surface area contributed by atoms with Crippen molar-refractivity contribution in [2.45, 2.75) is 53.0 Å². The van der Waals surface area contributed by atoms with Crippen LogP contribution in [0.4, 0.5) is 0 Å². The predicted molar refractivity (Wildman–Crippen MR) is 82.6 cm³/mol. The van der Waals surface area contributed by atoms with Crippen molar-refractivity contribution in [2.75, 3.05) is 39.4 Å². The summed E-state index contributed by atoms with van der Waals surface area (Å²) in [5.41, 5.74) is 0. The molecule has 0 spiro atoms. The monoisotopic (exact) mass is 270 g/mol. The highest BCUT2D eigenvalue weighted by Crippen LogP contribution is 2.16. The summed E-state index contributed by atoms with van der Waals surface area (Å²) in [5, 5.41) is 3.56. The number of ether oxygens (including phenoxy) is 1. The Morgan fingerprint density at radius 2 is 1.79 bits per heavy atom. The van der Waals surface area contributed by atoms with Crippen molar-refractivity contribution in [2.24, 2.45) is 11.8 Å². The largest absolute Gasteiger partial charge is 0.380 e. The molecule has 3 heteroatoms.